The van der Waals surface area contributed by atoms with Gasteiger partial charge in [0.1, 0.15) is 5.82 Å². The Morgan fingerprint density at radius 1 is 0.976 bits per heavy atom. The van der Waals surface area contributed by atoms with Gasteiger partial charge in [-0.2, -0.15) is 0 Å². The van der Waals surface area contributed by atoms with Crippen LogP contribution in [0.4, 0.5) is 10.1 Å². The second kappa shape index (κ2) is 12.2. The molecule has 1 aromatic heterocycles. The van der Waals surface area contributed by atoms with Gasteiger partial charge in [-0.1, -0.05) is 47.5 Å². The predicted molar refractivity (Wildman–Crippen MR) is 159 cm³/mol. The van der Waals surface area contributed by atoms with Crippen molar-refractivity contribution in [1.29, 1.82) is 0 Å². The molecule has 1 aliphatic heterocycles. The summed E-state index contributed by atoms with van der Waals surface area (Å²) in [6.45, 7) is 0.976. The number of benzene rings is 3. The molecule has 1 saturated heterocycles. The van der Waals surface area contributed by atoms with E-state index in [0.29, 0.717) is 23.1 Å². The fraction of sp³-hybridized carbons (Fsp3) is 0.200. The Kier molecular flexibility index (Phi) is 8.60. The minimum Gasteiger partial charge on any atom is -0.348 e. The Hall–Kier alpha value is -3.50. The van der Waals surface area contributed by atoms with E-state index in [1.807, 2.05) is 48.5 Å². The van der Waals surface area contributed by atoms with Crippen LogP contribution in [0.2, 0.25) is 10.0 Å². The third kappa shape index (κ3) is 6.87. The van der Waals surface area contributed by atoms with E-state index < -0.39 is 27.8 Å². The number of carbonyl (C=O) groups excluding carboxylic acids is 1. The molecule has 5 rings (SSSR count). The summed E-state index contributed by atoms with van der Waals surface area (Å²) < 4.78 is 42.0. The first kappa shape index (κ1) is 29.0. The van der Waals surface area contributed by atoms with Gasteiger partial charge < -0.3 is 5.32 Å². The minimum atomic E-state index is -3.82. The van der Waals surface area contributed by atoms with Crippen molar-refractivity contribution >= 4 is 44.8 Å². The van der Waals surface area contributed by atoms with E-state index in [4.69, 9.17) is 23.2 Å². The van der Waals surface area contributed by atoms with Gasteiger partial charge in [-0.3, -0.25) is 19.0 Å². The number of nitrogens with zero attached hydrogens (tertiary/aromatic N) is 3. The summed E-state index contributed by atoms with van der Waals surface area (Å²) in [5.41, 5.74) is 2.92. The van der Waals surface area contributed by atoms with E-state index in [0.717, 1.165) is 35.1 Å². The van der Waals surface area contributed by atoms with Gasteiger partial charge in [-0.25, -0.2) is 12.8 Å². The van der Waals surface area contributed by atoms with Gasteiger partial charge in [0.2, 0.25) is 10.0 Å². The van der Waals surface area contributed by atoms with Gasteiger partial charge >= 0.3 is 0 Å². The highest BCUT2D eigenvalue weighted by atomic mass is 35.5. The van der Waals surface area contributed by atoms with Crippen molar-refractivity contribution < 1.29 is 17.6 Å². The van der Waals surface area contributed by atoms with Crippen LogP contribution in [0.5, 0.6) is 0 Å². The molecule has 0 spiro atoms. The maximum atomic E-state index is 14.8. The van der Waals surface area contributed by atoms with Crippen molar-refractivity contribution in [1.82, 2.24) is 15.2 Å². The average molecular weight is 614 g/mol. The van der Waals surface area contributed by atoms with Gasteiger partial charge in [0.05, 0.1) is 24.0 Å². The number of aromatic nitrogens is 1. The highest BCUT2D eigenvalue weighted by molar-refractivity contribution is 7.92. The first-order chi connectivity index (χ1) is 19.6. The van der Waals surface area contributed by atoms with Crippen molar-refractivity contribution in [2.24, 2.45) is 0 Å². The van der Waals surface area contributed by atoms with Crippen molar-refractivity contribution in [3.05, 3.63) is 129 Å². The molecule has 0 atom stereocenters. The topological polar surface area (TPSA) is 82.6 Å². The molecule has 3 aromatic carbocycles. The molecule has 0 saturated carbocycles. The normalized spacial score (nSPS) is 14.1. The van der Waals surface area contributed by atoms with Crippen LogP contribution in [-0.2, 0) is 16.6 Å². The zero-order chi connectivity index (χ0) is 29.1. The number of hydrogen-bond acceptors (Lipinski definition) is 5. The van der Waals surface area contributed by atoms with E-state index in [9.17, 15) is 17.6 Å². The molecule has 0 aliphatic carbocycles. The highest BCUT2D eigenvalue weighted by Gasteiger charge is 2.41. The van der Waals surface area contributed by atoms with E-state index in [1.54, 1.807) is 24.5 Å². The minimum absolute atomic E-state index is 0.0269. The van der Waals surface area contributed by atoms with Crippen LogP contribution in [0.25, 0.3) is 0 Å². The number of halogens is 3. The van der Waals surface area contributed by atoms with E-state index in [2.05, 4.69) is 15.2 Å². The second-order valence-electron chi connectivity index (χ2n) is 9.91. The summed E-state index contributed by atoms with van der Waals surface area (Å²) in [6, 6.07) is 21.5. The molecule has 41 heavy (non-hydrogen) atoms. The van der Waals surface area contributed by atoms with Gasteiger partial charge in [0, 0.05) is 47.6 Å². The first-order valence-corrected chi connectivity index (χ1v) is 15.4. The SMILES string of the molecule is CS(=O)(=O)N(c1cc(F)cc(C(=O)NCc2ccncc2)c1)C1CN(C(c2ccc(Cl)cc2)c2ccc(Cl)cc2)C1. The summed E-state index contributed by atoms with van der Waals surface area (Å²) in [4.78, 5) is 18.9. The van der Waals surface area contributed by atoms with Gasteiger partial charge in [0.25, 0.3) is 5.91 Å². The summed E-state index contributed by atoms with van der Waals surface area (Å²) >= 11 is 12.3. The lowest BCUT2D eigenvalue weighted by molar-refractivity contribution is 0.0950. The zero-order valence-corrected chi connectivity index (χ0v) is 24.4. The second-order valence-corrected chi connectivity index (χ2v) is 12.6. The van der Waals surface area contributed by atoms with Crippen molar-refractivity contribution in [3.8, 4) is 0 Å². The maximum absolute atomic E-state index is 14.8. The van der Waals surface area contributed by atoms with E-state index in [-0.39, 0.29) is 23.8 Å². The number of sulfonamides is 1. The Balaban J connectivity index is 1.39. The summed E-state index contributed by atoms with van der Waals surface area (Å²) in [5, 5.41) is 3.96. The Labute approximate surface area is 248 Å². The van der Waals surface area contributed by atoms with E-state index >= 15 is 0 Å². The van der Waals surface area contributed by atoms with Crippen LogP contribution in [0.1, 0.15) is 33.1 Å². The molecule has 0 unspecified atom stereocenters. The number of hydrogen-bond donors (Lipinski definition) is 1. The van der Waals surface area contributed by atoms with Gasteiger partial charge in [0.15, 0.2) is 0 Å². The summed E-state index contributed by atoms with van der Waals surface area (Å²) in [7, 11) is -3.82. The number of anilines is 1. The zero-order valence-electron chi connectivity index (χ0n) is 22.0. The number of amides is 1. The van der Waals surface area contributed by atoms with Crippen LogP contribution in [0, 0.1) is 5.82 Å². The average Bonchev–Trinajstić information content (AvgIpc) is 2.91. The standard InChI is InChI=1S/C30H27Cl2FN4O3S/c1-41(39,40)37(27-15-23(14-26(33)16-27)30(38)35-17-20-10-12-34-13-11-20)28-18-36(19-28)29(21-2-6-24(31)7-3-21)22-4-8-25(32)9-5-22/h2-16,28-29H,17-19H2,1H3,(H,35,38). The summed E-state index contributed by atoms with van der Waals surface area (Å²) in [6.07, 6.45) is 4.30. The molecule has 2 heterocycles. The molecule has 1 fully saturated rings. The highest BCUT2D eigenvalue weighted by Crippen LogP contribution is 2.37. The summed E-state index contributed by atoms with van der Waals surface area (Å²) in [5.74, 6) is -1.22. The van der Waals surface area contributed by atoms with Crippen molar-refractivity contribution in [2.45, 2.75) is 18.6 Å². The molecule has 4 aromatic rings. The quantitative estimate of drug-likeness (QED) is 0.262. The van der Waals surface area contributed by atoms with Crippen LogP contribution in [-0.4, -0.2) is 49.6 Å². The van der Waals surface area contributed by atoms with Crippen LogP contribution >= 0.6 is 23.2 Å². The van der Waals surface area contributed by atoms with Crippen LogP contribution < -0.4 is 9.62 Å². The lowest BCUT2D eigenvalue weighted by Crippen LogP contribution is -2.61. The van der Waals surface area contributed by atoms with E-state index in [1.165, 1.54) is 10.4 Å². The molecule has 1 N–H and O–H groups in total. The van der Waals surface area contributed by atoms with Crippen LogP contribution in [0.3, 0.4) is 0 Å². The fourth-order valence-corrected chi connectivity index (χ4v) is 6.46. The third-order valence-electron chi connectivity index (χ3n) is 6.92. The lowest BCUT2D eigenvalue weighted by atomic mass is 9.93. The first-order valence-electron chi connectivity index (χ1n) is 12.8. The Morgan fingerprint density at radius 2 is 1.54 bits per heavy atom. The fourth-order valence-electron chi connectivity index (χ4n) is 5.04. The number of likely N-dealkylation sites (tertiary alicyclic amines) is 1. The van der Waals surface area contributed by atoms with Gasteiger partial charge in [-0.05, 0) is 71.3 Å². The monoisotopic (exact) mass is 612 g/mol. The lowest BCUT2D eigenvalue weighted by Gasteiger charge is -2.48. The molecule has 212 valence electrons. The molecular formula is C30H27Cl2FN4O3S. The largest absolute Gasteiger partial charge is 0.348 e. The van der Waals surface area contributed by atoms with Crippen molar-refractivity contribution in [3.63, 3.8) is 0 Å². The van der Waals surface area contributed by atoms with Gasteiger partial charge in [-0.15, -0.1) is 0 Å². The molecule has 0 bridgehead atoms. The molecule has 1 aliphatic rings. The number of pyridine rings is 1. The number of carbonyl (C=O) groups is 1. The number of rotatable bonds is 9. The Bertz CT molecular complexity index is 1590. The molecule has 0 radical (unpaired) electrons. The molecular weight excluding hydrogens is 586 g/mol. The molecule has 1 amide bonds. The number of nitrogens with one attached hydrogen (secondary N) is 1. The van der Waals surface area contributed by atoms with Crippen LogP contribution in [0.15, 0.2) is 91.3 Å². The third-order valence-corrected chi connectivity index (χ3v) is 8.65. The molecule has 7 nitrogen and oxygen atoms in total. The maximum Gasteiger partial charge on any atom is 0.251 e. The smallest absolute Gasteiger partial charge is 0.251 e. The predicted octanol–water partition coefficient (Wildman–Crippen LogP) is 5.70. The Morgan fingerprint density at radius 3 is 2.07 bits per heavy atom. The van der Waals surface area contributed by atoms with Crippen molar-refractivity contribution in [2.75, 3.05) is 23.7 Å². The molecule has 11 heteroatoms.